The average molecular weight is 312 g/mol. The lowest BCUT2D eigenvalue weighted by Gasteiger charge is -2.26. The monoisotopic (exact) mass is 312 g/mol. The van der Waals surface area contributed by atoms with Gasteiger partial charge in [0, 0.05) is 24.4 Å². The molecule has 122 valence electrons. The lowest BCUT2D eigenvalue weighted by Crippen LogP contribution is -2.34. The second kappa shape index (κ2) is 5.48. The molecule has 1 aromatic carbocycles. The molecule has 3 rings (SSSR count). The van der Waals surface area contributed by atoms with Gasteiger partial charge < -0.3 is 10.6 Å². The molecule has 23 heavy (non-hydrogen) atoms. The van der Waals surface area contributed by atoms with E-state index in [-0.39, 0.29) is 17.4 Å². The number of hydrogen-bond donors (Lipinski definition) is 1. The molecule has 0 bridgehead atoms. The summed E-state index contributed by atoms with van der Waals surface area (Å²) in [7, 11) is 0. The predicted octanol–water partition coefficient (Wildman–Crippen LogP) is 2.73. The summed E-state index contributed by atoms with van der Waals surface area (Å²) in [5.74, 6) is 0.651. The van der Waals surface area contributed by atoms with E-state index in [1.807, 2.05) is 0 Å². The summed E-state index contributed by atoms with van der Waals surface area (Å²) in [6, 6.07) is 4.34. The summed E-state index contributed by atoms with van der Waals surface area (Å²) in [4.78, 5) is 22.7. The van der Waals surface area contributed by atoms with E-state index in [0.29, 0.717) is 6.42 Å². The van der Waals surface area contributed by atoms with Crippen molar-refractivity contribution in [2.75, 3.05) is 11.4 Å². The number of carbonyl (C=O) groups is 1. The van der Waals surface area contributed by atoms with Crippen LogP contribution in [0.15, 0.2) is 18.5 Å². The van der Waals surface area contributed by atoms with Gasteiger partial charge in [-0.25, -0.2) is 9.97 Å². The number of aromatic nitrogens is 2. The zero-order chi connectivity index (χ0) is 16.8. The fraction of sp³-hybridized carbons (Fsp3) is 0.500. The smallest absolute Gasteiger partial charge is 0.219 e. The zero-order valence-corrected chi connectivity index (χ0v) is 14.3. The Hall–Kier alpha value is -2.17. The molecule has 0 radical (unpaired) electrons. The third kappa shape index (κ3) is 3.00. The molecule has 1 aliphatic heterocycles. The maximum absolute atomic E-state index is 11.5. The number of nitrogens with two attached hydrogens (primary N) is 1. The van der Waals surface area contributed by atoms with E-state index < -0.39 is 0 Å². The second-order valence-corrected chi connectivity index (χ2v) is 7.47. The van der Waals surface area contributed by atoms with E-state index in [4.69, 9.17) is 5.73 Å². The Morgan fingerprint density at radius 1 is 1.30 bits per heavy atom. The van der Waals surface area contributed by atoms with Crippen LogP contribution in [0.2, 0.25) is 0 Å². The van der Waals surface area contributed by atoms with Gasteiger partial charge in [0.25, 0.3) is 0 Å². The summed E-state index contributed by atoms with van der Waals surface area (Å²) in [5, 5.41) is 1.04. The summed E-state index contributed by atoms with van der Waals surface area (Å²) in [6.07, 6.45) is 2.91. The third-order valence-corrected chi connectivity index (χ3v) is 4.77. The van der Waals surface area contributed by atoms with E-state index in [2.05, 4.69) is 54.7 Å². The summed E-state index contributed by atoms with van der Waals surface area (Å²) < 4.78 is 0. The van der Waals surface area contributed by atoms with Crippen molar-refractivity contribution in [1.29, 1.82) is 0 Å². The van der Waals surface area contributed by atoms with Gasteiger partial charge in [-0.1, -0.05) is 13.8 Å². The molecule has 2 aromatic rings. The van der Waals surface area contributed by atoms with Crippen LogP contribution in [0.5, 0.6) is 0 Å². The highest BCUT2D eigenvalue weighted by Gasteiger charge is 2.39. The van der Waals surface area contributed by atoms with Crippen molar-refractivity contribution in [2.45, 2.75) is 46.6 Å². The number of fused-ring (bicyclic) bond motifs is 1. The molecule has 1 aromatic heterocycles. The van der Waals surface area contributed by atoms with Crippen molar-refractivity contribution in [1.82, 2.24) is 9.97 Å². The third-order valence-electron chi connectivity index (χ3n) is 4.77. The molecular weight excluding hydrogens is 288 g/mol. The lowest BCUT2D eigenvalue weighted by atomic mass is 9.90. The van der Waals surface area contributed by atoms with Gasteiger partial charge >= 0.3 is 0 Å². The molecule has 1 fully saturated rings. The topological polar surface area (TPSA) is 72.1 Å². The van der Waals surface area contributed by atoms with Crippen LogP contribution < -0.4 is 10.6 Å². The molecule has 2 heterocycles. The maximum Gasteiger partial charge on any atom is 0.219 e. The minimum absolute atomic E-state index is 0.0993. The molecule has 1 saturated heterocycles. The number of aryl methyl sites for hydroxylation is 2. The zero-order valence-electron chi connectivity index (χ0n) is 14.3. The number of anilines is 1. The highest BCUT2D eigenvalue weighted by molar-refractivity contribution is 5.91. The van der Waals surface area contributed by atoms with Gasteiger partial charge in [-0.3, -0.25) is 4.79 Å². The van der Waals surface area contributed by atoms with Crippen LogP contribution in [0.3, 0.4) is 0 Å². The van der Waals surface area contributed by atoms with Crippen LogP contribution in [0.25, 0.3) is 10.9 Å². The van der Waals surface area contributed by atoms with Crippen molar-refractivity contribution < 1.29 is 4.79 Å². The van der Waals surface area contributed by atoms with E-state index in [9.17, 15) is 4.79 Å². The predicted molar refractivity (Wildman–Crippen MR) is 92.4 cm³/mol. The van der Waals surface area contributed by atoms with Crippen molar-refractivity contribution >= 4 is 22.6 Å². The summed E-state index contributed by atoms with van der Waals surface area (Å²) in [5.41, 5.74) is 8.98. The van der Waals surface area contributed by atoms with Gasteiger partial charge in [0.05, 0.1) is 5.52 Å². The molecule has 0 spiro atoms. The maximum atomic E-state index is 11.5. The van der Waals surface area contributed by atoms with Crippen molar-refractivity contribution in [3.63, 3.8) is 0 Å². The number of amides is 1. The quantitative estimate of drug-likeness (QED) is 0.946. The molecule has 2 N–H and O–H groups in total. The number of benzene rings is 1. The van der Waals surface area contributed by atoms with Gasteiger partial charge in [-0.05, 0) is 48.9 Å². The minimum Gasteiger partial charge on any atom is -0.370 e. The fourth-order valence-electron chi connectivity index (χ4n) is 3.60. The number of carbonyl (C=O) groups excluding carboxylic acids is 1. The first-order valence-corrected chi connectivity index (χ1v) is 8.04. The molecule has 1 amide bonds. The first-order chi connectivity index (χ1) is 10.8. The van der Waals surface area contributed by atoms with Crippen LogP contribution in [0.1, 0.15) is 37.8 Å². The van der Waals surface area contributed by atoms with E-state index in [1.54, 1.807) is 6.33 Å². The molecule has 1 atom stereocenters. The Bertz CT molecular complexity index is 769. The average Bonchev–Trinajstić information content (AvgIpc) is 2.73. The molecule has 0 aliphatic carbocycles. The van der Waals surface area contributed by atoms with Gasteiger partial charge in [0.2, 0.25) is 5.91 Å². The Morgan fingerprint density at radius 3 is 2.70 bits per heavy atom. The number of nitrogens with zero attached hydrogens (tertiary/aromatic N) is 3. The highest BCUT2D eigenvalue weighted by Crippen LogP contribution is 2.39. The Labute approximate surface area is 136 Å². The molecule has 5 heteroatoms. The number of rotatable bonds is 3. The number of primary amides is 1. The van der Waals surface area contributed by atoms with Gasteiger partial charge in [-0.15, -0.1) is 0 Å². The second-order valence-electron chi connectivity index (χ2n) is 7.47. The highest BCUT2D eigenvalue weighted by atomic mass is 16.1. The Balaban J connectivity index is 2.10. The van der Waals surface area contributed by atoms with Crippen molar-refractivity contribution in [3.8, 4) is 0 Å². The van der Waals surface area contributed by atoms with Crippen molar-refractivity contribution in [3.05, 3.63) is 29.6 Å². The lowest BCUT2D eigenvalue weighted by molar-refractivity contribution is -0.118. The normalized spacial score (nSPS) is 20.2. The fourth-order valence-corrected chi connectivity index (χ4v) is 3.60. The Kier molecular flexibility index (Phi) is 3.74. The molecule has 1 unspecified atom stereocenters. The van der Waals surface area contributed by atoms with Gasteiger partial charge in [0.15, 0.2) is 0 Å². The Morgan fingerprint density at radius 2 is 2.00 bits per heavy atom. The molecule has 1 aliphatic rings. The number of hydrogen-bond acceptors (Lipinski definition) is 4. The van der Waals surface area contributed by atoms with E-state index >= 15 is 0 Å². The summed E-state index contributed by atoms with van der Waals surface area (Å²) >= 11 is 0. The first-order valence-electron chi connectivity index (χ1n) is 8.04. The van der Waals surface area contributed by atoms with E-state index in [0.717, 1.165) is 29.7 Å². The van der Waals surface area contributed by atoms with Crippen LogP contribution in [-0.4, -0.2) is 28.5 Å². The van der Waals surface area contributed by atoms with Crippen LogP contribution in [-0.2, 0) is 4.79 Å². The summed E-state index contributed by atoms with van der Waals surface area (Å²) in [6.45, 7) is 9.50. The van der Waals surface area contributed by atoms with Crippen LogP contribution >= 0.6 is 0 Å². The SMILES string of the molecule is Cc1cc2ncnc(N3CC(C)(C)CC3CC(N)=O)c2cc1C. The van der Waals surface area contributed by atoms with Gasteiger partial charge in [-0.2, -0.15) is 0 Å². The van der Waals surface area contributed by atoms with Crippen LogP contribution in [0, 0.1) is 19.3 Å². The molecule has 0 saturated carbocycles. The van der Waals surface area contributed by atoms with Crippen molar-refractivity contribution in [2.24, 2.45) is 11.1 Å². The van der Waals surface area contributed by atoms with E-state index in [1.165, 1.54) is 11.1 Å². The molecular formula is C18H24N4O. The largest absolute Gasteiger partial charge is 0.370 e. The minimum atomic E-state index is -0.261. The molecule has 5 nitrogen and oxygen atoms in total. The van der Waals surface area contributed by atoms with Gasteiger partial charge in [0.1, 0.15) is 12.1 Å². The first kappa shape index (κ1) is 15.7. The van der Waals surface area contributed by atoms with Crippen LogP contribution in [0.4, 0.5) is 5.82 Å². The standard InChI is InChI=1S/C18H24N4O/c1-11-5-14-15(6-12(11)2)20-10-21-17(14)22-9-18(3,4)8-13(22)7-16(19)23/h5-6,10,13H,7-9H2,1-4H3,(H2,19,23).